The van der Waals surface area contributed by atoms with Gasteiger partial charge in [0.2, 0.25) is 0 Å². The number of nitrogens with zero attached hydrogens (tertiary/aromatic N) is 4. The highest BCUT2D eigenvalue weighted by atomic mass is 15.6. The summed E-state index contributed by atoms with van der Waals surface area (Å²) in [5.41, 5.74) is 0. The summed E-state index contributed by atoms with van der Waals surface area (Å²) in [7, 11) is 0. The Hall–Kier alpha value is -0.930. The predicted octanol–water partition coefficient (Wildman–Crippen LogP) is 5.81. The minimum Gasteiger partial charge on any atom is -0.226 e. The van der Waals surface area contributed by atoms with E-state index in [1.165, 1.54) is 89.9 Å². The lowest BCUT2D eigenvalue weighted by Gasteiger charge is -2.18. The summed E-state index contributed by atoms with van der Waals surface area (Å²) in [4.78, 5) is 0. The maximum Gasteiger partial charge on any atom is 0.154 e. The van der Waals surface area contributed by atoms with Crippen LogP contribution in [0.3, 0.4) is 0 Å². The van der Waals surface area contributed by atoms with Gasteiger partial charge in [0.05, 0.1) is 6.04 Å². The fraction of sp³-hybridized carbons (Fsp3) is 0.947. The van der Waals surface area contributed by atoms with E-state index >= 15 is 0 Å². The van der Waals surface area contributed by atoms with Crippen LogP contribution in [0.25, 0.3) is 0 Å². The van der Waals surface area contributed by atoms with Crippen molar-refractivity contribution in [3.63, 3.8) is 0 Å². The Kier molecular flexibility index (Phi) is 8.62. The Bertz CT molecular complexity index is 397. The molecule has 2 rings (SSSR count). The van der Waals surface area contributed by atoms with E-state index < -0.39 is 0 Å². The molecule has 1 saturated carbocycles. The molecular weight excluding hydrogens is 284 g/mol. The maximum atomic E-state index is 4.36. The second-order valence-electron chi connectivity index (χ2n) is 7.32. The molecule has 0 aromatic carbocycles. The molecule has 0 unspecified atom stereocenters. The first-order valence-electron chi connectivity index (χ1n) is 10.1. The molecule has 1 aromatic heterocycles. The van der Waals surface area contributed by atoms with Crippen molar-refractivity contribution in [2.45, 2.75) is 116 Å². The molecule has 0 N–H and O–H groups in total. The van der Waals surface area contributed by atoms with Crippen molar-refractivity contribution < 1.29 is 0 Å². The second-order valence-corrected chi connectivity index (χ2v) is 7.32. The fourth-order valence-electron chi connectivity index (χ4n) is 3.43. The average molecular weight is 321 g/mol. The van der Waals surface area contributed by atoms with Gasteiger partial charge in [-0.25, -0.2) is 4.68 Å². The van der Waals surface area contributed by atoms with Crippen LogP contribution in [0.15, 0.2) is 0 Å². The number of tetrazole rings is 1. The molecule has 0 amide bonds. The van der Waals surface area contributed by atoms with Gasteiger partial charge in [0.1, 0.15) is 0 Å². The number of unbranched alkanes of at least 4 members (excludes halogenated alkanes) is 8. The quantitative estimate of drug-likeness (QED) is 0.406. The number of aromatic nitrogens is 4. The molecule has 0 radical (unpaired) electrons. The standard InChI is InChI=1S/C19H36N4/c1-3-5-7-9-11-13-18(14-12-10-8-6-4-2)23-19(17-15-16-17)20-21-22-23/h17-18H,3-16H2,1-2H3. The Morgan fingerprint density at radius 3 is 1.96 bits per heavy atom. The largest absolute Gasteiger partial charge is 0.226 e. The summed E-state index contributed by atoms with van der Waals surface area (Å²) in [6, 6.07) is 0.531. The first-order chi connectivity index (χ1) is 11.4. The summed E-state index contributed by atoms with van der Waals surface area (Å²) in [6.07, 6.45) is 18.6. The van der Waals surface area contributed by atoms with Crippen molar-refractivity contribution in [2.75, 3.05) is 0 Å². The van der Waals surface area contributed by atoms with E-state index in [0.717, 1.165) is 5.82 Å². The molecule has 1 aromatic rings. The van der Waals surface area contributed by atoms with Gasteiger partial charge in [-0.1, -0.05) is 78.1 Å². The smallest absolute Gasteiger partial charge is 0.154 e. The SMILES string of the molecule is CCCCCCCC(CCCCCCC)n1nnnc1C1CC1. The summed E-state index contributed by atoms with van der Waals surface area (Å²) in [5.74, 6) is 1.81. The van der Waals surface area contributed by atoms with Crippen molar-refractivity contribution in [2.24, 2.45) is 0 Å². The van der Waals surface area contributed by atoms with Crippen molar-refractivity contribution in [1.82, 2.24) is 20.2 Å². The minimum absolute atomic E-state index is 0.531. The molecule has 4 heteroatoms. The molecule has 0 bridgehead atoms. The highest BCUT2D eigenvalue weighted by molar-refractivity contribution is 5.03. The molecule has 132 valence electrons. The van der Waals surface area contributed by atoms with E-state index in [-0.39, 0.29) is 0 Å². The summed E-state index contributed by atoms with van der Waals surface area (Å²) >= 11 is 0. The van der Waals surface area contributed by atoms with Crippen LogP contribution in [0.5, 0.6) is 0 Å². The zero-order valence-corrected chi connectivity index (χ0v) is 15.3. The van der Waals surface area contributed by atoms with Gasteiger partial charge < -0.3 is 0 Å². The van der Waals surface area contributed by atoms with Gasteiger partial charge in [0.25, 0.3) is 0 Å². The number of hydrogen-bond donors (Lipinski definition) is 0. The fourth-order valence-corrected chi connectivity index (χ4v) is 3.43. The molecule has 1 aliphatic rings. The lowest BCUT2D eigenvalue weighted by molar-refractivity contribution is 0.351. The number of rotatable bonds is 14. The molecule has 23 heavy (non-hydrogen) atoms. The average Bonchev–Trinajstić information content (AvgIpc) is 3.30. The van der Waals surface area contributed by atoms with E-state index in [0.29, 0.717) is 12.0 Å². The highest BCUT2D eigenvalue weighted by Gasteiger charge is 2.31. The van der Waals surface area contributed by atoms with Crippen LogP contribution in [-0.2, 0) is 0 Å². The first-order valence-corrected chi connectivity index (χ1v) is 10.1. The van der Waals surface area contributed by atoms with E-state index in [4.69, 9.17) is 0 Å². The Morgan fingerprint density at radius 2 is 1.43 bits per heavy atom. The van der Waals surface area contributed by atoms with Gasteiger partial charge >= 0.3 is 0 Å². The third-order valence-electron chi connectivity index (χ3n) is 5.09. The summed E-state index contributed by atoms with van der Waals surface area (Å²) in [5, 5.41) is 12.7. The first kappa shape index (κ1) is 18.4. The van der Waals surface area contributed by atoms with E-state index in [2.05, 4.69) is 34.1 Å². The van der Waals surface area contributed by atoms with Gasteiger partial charge in [-0.15, -0.1) is 5.10 Å². The van der Waals surface area contributed by atoms with Crippen molar-refractivity contribution >= 4 is 0 Å². The van der Waals surface area contributed by atoms with E-state index in [1.807, 2.05) is 0 Å². The monoisotopic (exact) mass is 320 g/mol. The zero-order chi connectivity index (χ0) is 16.3. The van der Waals surface area contributed by atoms with Crippen molar-refractivity contribution in [3.8, 4) is 0 Å². The minimum atomic E-state index is 0.531. The van der Waals surface area contributed by atoms with E-state index in [9.17, 15) is 0 Å². The second kappa shape index (κ2) is 10.8. The van der Waals surface area contributed by atoms with Crippen LogP contribution < -0.4 is 0 Å². The normalized spacial score (nSPS) is 14.7. The molecule has 1 aliphatic carbocycles. The Balaban J connectivity index is 1.81. The van der Waals surface area contributed by atoms with Gasteiger partial charge in [0.15, 0.2) is 5.82 Å². The van der Waals surface area contributed by atoms with Gasteiger partial charge in [-0.05, 0) is 36.1 Å². The molecule has 1 fully saturated rings. The maximum absolute atomic E-state index is 4.36. The zero-order valence-electron chi connectivity index (χ0n) is 15.3. The van der Waals surface area contributed by atoms with E-state index in [1.54, 1.807) is 0 Å². The lowest BCUT2D eigenvalue weighted by Crippen LogP contribution is -2.14. The third-order valence-corrected chi connectivity index (χ3v) is 5.09. The van der Waals surface area contributed by atoms with Crippen LogP contribution in [0.2, 0.25) is 0 Å². The van der Waals surface area contributed by atoms with Crippen LogP contribution in [0.4, 0.5) is 0 Å². The summed E-state index contributed by atoms with van der Waals surface area (Å²) in [6.45, 7) is 4.56. The molecule has 0 spiro atoms. The molecule has 1 heterocycles. The van der Waals surface area contributed by atoms with Gasteiger partial charge in [0, 0.05) is 5.92 Å². The topological polar surface area (TPSA) is 43.6 Å². The van der Waals surface area contributed by atoms with Gasteiger partial charge in [-0.2, -0.15) is 0 Å². The highest BCUT2D eigenvalue weighted by Crippen LogP contribution is 2.40. The lowest BCUT2D eigenvalue weighted by atomic mass is 10.0. The summed E-state index contributed by atoms with van der Waals surface area (Å²) < 4.78 is 2.19. The van der Waals surface area contributed by atoms with Crippen LogP contribution in [0, 0.1) is 0 Å². The molecule has 0 saturated heterocycles. The van der Waals surface area contributed by atoms with Crippen molar-refractivity contribution in [3.05, 3.63) is 5.82 Å². The predicted molar refractivity (Wildman–Crippen MR) is 95.6 cm³/mol. The van der Waals surface area contributed by atoms with Gasteiger partial charge in [-0.3, -0.25) is 0 Å². The van der Waals surface area contributed by atoms with Crippen LogP contribution in [-0.4, -0.2) is 20.2 Å². The molecule has 4 nitrogen and oxygen atoms in total. The van der Waals surface area contributed by atoms with Crippen molar-refractivity contribution in [1.29, 1.82) is 0 Å². The number of hydrogen-bond acceptors (Lipinski definition) is 3. The Labute approximate surface area is 142 Å². The Morgan fingerprint density at radius 1 is 0.870 bits per heavy atom. The molecular formula is C19H36N4. The van der Waals surface area contributed by atoms with Crippen LogP contribution >= 0.6 is 0 Å². The van der Waals surface area contributed by atoms with Crippen LogP contribution in [0.1, 0.15) is 122 Å². The molecule has 0 atom stereocenters. The molecule has 0 aliphatic heterocycles. The third kappa shape index (κ3) is 6.60.